The summed E-state index contributed by atoms with van der Waals surface area (Å²) in [6, 6.07) is 14.3. The molecule has 30 heavy (non-hydrogen) atoms. The number of anilines is 1. The van der Waals surface area contributed by atoms with Crippen LogP contribution in [0.25, 0.3) is 0 Å². The maximum absolute atomic E-state index is 13.6. The van der Waals surface area contributed by atoms with Gasteiger partial charge in [-0.05, 0) is 48.6 Å². The molecule has 2 aromatic rings. The third kappa shape index (κ3) is 4.26. The van der Waals surface area contributed by atoms with E-state index in [4.69, 9.17) is 0 Å². The van der Waals surface area contributed by atoms with E-state index in [1.165, 1.54) is 19.3 Å². The van der Waals surface area contributed by atoms with Crippen molar-refractivity contribution in [2.24, 2.45) is 0 Å². The molecule has 1 saturated carbocycles. The van der Waals surface area contributed by atoms with Gasteiger partial charge < -0.3 is 5.11 Å². The van der Waals surface area contributed by atoms with Gasteiger partial charge in [-0.1, -0.05) is 49.6 Å². The highest BCUT2D eigenvalue weighted by atomic mass is 32.2. The molecule has 0 radical (unpaired) electrons. The van der Waals surface area contributed by atoms with E-state index in [2.05, 4.69) is 0 Å². The number of aliphatic hydroxyl groups is 1. The second-order valence-electron chi connectivity index (χ2n) is 8.25. The van der Waals surface area contributed by atoms with Gasteiger partial charge in [0.2, 0.25) is 0 Å². The van der Waals surface area contributed by atoms with Gasteiger partial charge >= 0.3 is 0 Å². The second-order valence-corrected chi connectivity index (χ2v) is 12.2. The summed E-state index contributed by atoms with van der Waals surface area (Å²) in [6.07, 6.45) is 4.61. The van der Waals surface area contributed by atoms with Crippen LogP contribution >= 0.6 is 0 Å². The highest BCUT2D eigenvalue weighted by Gasteiger charge is 2.45. The predicted octanol–water partition coefficient (Wildman–Crippen LogP) is 3.09. The lowest BCUT2D eigenvalue weighted by Gasteiger charge is -2.31. The Morgan fingerprint density at radius 3 is 2.07 bits per heavy atom. The monoisotopic (exact) mass is 449 g/mol. The zero-order valence-corrected chi connectivity index (χ0v) is 18.4. The lowest BCUT2D eigenvalue weighted by molar-refractivity contribution is 0.184. The normalized spacial score (nSPS) is 24.6. The minimum Gasteiger partial charge on any atom is -0.390 e. The van der Waals surface area contributed by atoms with Gasteiger partial charge in [0, 0.05) is 0 Å². The molecule has 0 bridgehead atoms. The third-order valence-corrected chi connectivity index (χ3v) is 9.69. The topological polar surface area (TPSA) is 91.8 Å². The van der Waals surface area contributed by atoms with Gasteiger partial charge in [-0.15, -0.1) is 0 Å². The van der Waals surface area contributed by atoms with Crippen LogP contribution in [0.2, 0.25) is 0 Å². The number of hydrogen-bond acceptors (Lipinski definition) is 5. The van der Waals surface area contributed by atoms with Gasteiger partial charge in [0.05, 0.1) is 34.2 Å². The van der Waals surface area contributed by atoms with Crippen LogP contribution in [0.15, 0.2) is 59.5 Å². The molecule has 1 N–H and O–H groups in total. The number of sulfonamides is 1. The molecule has 8 heteroatoms. The highest BCUT2D eigenvalue weighted by Crippen LogP contribution is 2.35. The van der Waals surface area contributed by atoms with Crippen LogP contribution < -0.4 is 4.31 Å². The lowest BCUT2D eigenvalue weighted by atomic mass is 9.84. The zero-order chi connectivity index (χ0) is 21.4. The third-order valence-electron chi connectivity index (χ3n) is 6.12. The van der Waals surface area contributed by atoms with Crippen LogP contribution in [0.1, 0.15) is 43.6 Å². The van der Waals surface area contributed by atoms with Gasteiger partial charge in [0.15, 0.2) is 9.84 Å². The SMILES string of the molecule is O=S1(=O)C[C@@H](O)[C@@H](N(c2ccccc2)S(=O)(=O)c2ccc(C3CCCCC3)cc2)C1. The number of aliphatic hydroxyl groups excluding tert-OH is 1. The Morgan fingerprint density at radius 1 is 0.867 bits per heavy atom. The Bertz CT molecular complexity index is 1080. The molecule has 2 fully saturated rings. The van der Waals surface area contributed by atoms with Crippen LogP contribution in [-0.4, -0.2) is 45.6 Å². The van der Waals surface area contributed by atoms with Gasteiger partial charge in [-0.25, -0.2) is 16.8 Å². The molecule has 0 amide bonds. The Labute approximate surface area is 178 Å². The molecule has 0 aromatic heterocycles. The van der Waals surface area contributed by atoms with Crippen molar-refractivity contribution in [2.75, 3.05) is 15.8 Å². The molecule has 4 rings (SSSR count). The quantitative estimate of drug-likeness (QED) is 0.757. The van der Waals surface area contributed by atoms with E-state index >= 15 is 0 Å². The summed E-state index contributed by atoms with van der Waals surface area (Å²) < 4.78 is 52.4. The molecule has 2 aromatic carbocycles. The molecule has 1 aliphatic heterocycles. The van der Waals surface area contributed by atoms with Crippen LogP contribution in [0.3, 0.4) is 0 Å². The van der Waals surface area contributed by atoms with E-state index in [9.17, 15) is 21.9 Å². The average molecular weight is 450 g/mol. The number of rotatable bonds is 5. The summed E-state index contributed by atoms with van der Waals surface area (Å²) in [4.78, 5) is 0.0995. The van der Waals surface area contributed by atoms with Gasteiger partial charge in [0.1, 0.15) is 0 Å². The maximum atomic E-state index is 13.6. The summed E-state index contributed by atoms with van der Waals surface area (Å²) in [5, 5.41) is 10.4. The maximum Gasteiger partial charge on any atom is 0.264 e. The average Bonchev–Trinajstić information content (AvgIpc) is 3.01. The van der Waals surface area contributed by atoms with Crippen molar-refractivity contribution < 1.29 is 21.9 Å². The van der Waals surface area contributed by atoms with E-state index < -0.39 is 43.5 Å². The minimum absolute atomic E-state index is 0.0995. The minimum atomic E-state index is -4.06. The number of para-hydroxylation sites is 1. The Balaban J connectivity index is 1.71. The Morgan fingerprint density at radius 2 is 1.50 bits per heavy atom. The van der Waals surface area contributed by atoms with Crippen molar-refractivity contribution in [3.8, 4) is 0 Å². The van der Waals surface area contributed by atoms with Crippen LogP contribution in [0, 0.1) is 0 Å². The Kier molecular flexibility index (Phi) is 5.92. The van der Waals surface area contributed by atoms with Crippen LogP contribution in [0.4, 0.5) is 5.69 Å². The summed E-state index contributed by atoms with van der Waals surface area (Å²) in [5.41, 5.74) is 1.48. The molecule has 2 aliphatic rings. The van der Waals surface area contributed by atoms with Crippen LogP contribution in [0.5, 0.6) is 0 Å². The molecule has 2 atom stereocenters. The first-order valence-electron chi connectivity index (χ1n) is 10.4. The van der Waals surface area contributed by atoms with Gasteiger partial charge in [-0.3, -0.25) is 4.31 Å². The molecule has 1 aliphatic carbocycles. The fraction of sp³-hybridized carbons (Fsp3) is 0.455. The molecule has 6 nitrogen and oxygen atoms in total. The smallest absolute Gasteiger partial charge is 0.264 e. The van der Waals surface area contributed by atoms with Gasteiger partial charge in [-0.2, -0.15) is 0 Å². The first-order valence-corrected chi connectivity index (χ1v) is 13.6. The number of nitrogens with zero attached hydrogens (tertiary/aromatic N) is 1. The second kappa shape index (κ2) is 8.32. The molecular weight excluding hydrogens is 422 g/mol. The Hall–Kier alpha value is -1.90. The van der Waals surface area contributed by atoms with E-state index in [0.29, 0.717) is 11.6 Å². The number of benzene rings is 2. The summed E-state index contributed by atoms with van der Waals surface area (Å²) >= 11 is 0. The number of hydrogen-bond donors (Lipinski definition) is 1. The summed E-state index contributed by atoms with van der Waals surface area (Å²) in [7, 11) is -7.58. The predicted molar refractivity (Wildman–Crippen MR) is 117 cm³/mol. The van der Waals surface area contributed by atoms with Crippen molar-refractivity contribution in [1.82, 2.24) is 0 Å². The highest BCUT2D eigenvalue weighted by molar-refractivity contribution is 7.93. The first-order chi connectivity index (χ1) is 14.3. The molecule has 0 unspecified atom stereocenters. The molecular formula is C22H27NO5S2. The van der Waals surface area contributed by atoms with Crippen molar-refractivity contribution in [3.05, 3.63) is 60.2 Å². The summed E-state index contributed by atoms with van der Waals surface area (Å²) in [5.74, 6) is -0.373. The first kappa shape index (κ1) is 21.3. The number of sulfone groups is 1. The standard InChI is InChI=1S/C22H27NO5S2/c24-22-16-29(25,26)15-21(22)23(19-9-5-2-6-10-19)30(27,28)20-13-11-18(12-14-20)17-7-3-1-4-8-17/h2,5-6,9-14,17,21-22,24H,1,3-4,7-8,15-16H2/t21-,22+/m0/s1. The lowest BCUT2D eigenvalue weighted by Crippen LogP contribution is -2.47. The van der Waals surface area contributed by atoms with E-state index in [-0.39, 0.29) is 4.90 Å². The van der Waals surface area contributed by atoms with E-state index in [0.717, 1.165) is 22.7 Å². The van der Waals surface area contributed by atoms with Crippen molar-refractivity contribution in [1.29, 1.82) is 0 Å². The van der Waals surface area contributed by atoms with Crippen molar-refractivity contribution >= 4 is 25.5 Å². The van der Waals surface area contributed by atoms with E-state index in [1.807, 2.05) is 12.1 Å². The molecule has 162 valence electrons. The zero-order valence-electron chi connectivity index (χ0n) is 16.7. The largest absolute Gasteiger partial charge is 0.390 e. The van der Waals surface area contributed by atoms with Crippen LogP contribution in [-0.2, 0) is 19.9 Å². The van der Waals surface area contributed by atoms with Crippen molar-refractivity contribution in [2.45, 2.75) is 55.1 Å². The molecule has 1 saturated heterocycles. The fourth-order valence-corrected chi connectivity index (χ4v) is 8.12. The van der Waals surface area contributed by atoms with Crippen molar-refractivity contribution in [3.63, 3.8) is 0 Å². The van der Waals surface area contributed by atoms with Gasteiger partial charge in [0.25, 0.3) is 10.0 Å². The fourth-order valence-electron chi connectivity index (χ4n) is 4.58. The molecule has 0 spiro atoms. The summed E-state index contributed by atoms with van der Waals surface area (Å²) in [6.45, 7) is 0. The molecule has 1 heterocycles. The van der Waals surface area contributed by atoms with E-state index in [1.54, 1.807) is 42.5 Å².